The average Bonchev–Trinajstić information content (AvgIpc) is 3.47. The summed E-state index contributed by atoms with van der Waals surface area (Å²) in [5.41, 5.74) is 19.8. The highest BCUT2D eigenvalue weighted by Gasteiger charge is 2.34. The monoisotopic (exact) mass is 921 g/mol. The smallest absolute Gasteiger partial charge is 0.145 e. The molecule has 3 heteroatoms. The highest BCUT2D eigenvalue weighted by atomic mass is 15.1. The Kier molecular flexibility index (Phi) is 11.2. The highest BCUT2D eigenvalue weighted by molar-refractivity contribution is 6.24. The first-order chi connectivity index (χ1) is 35.7. The van der Waals surface area contributed by atoms with E-state index in [1.165, 1.54) is 60.5 Å². The van der Waals surface area contributed by atoms with E-state index in [4.69, 9.17) is 4.99 Å². The second-order valence-corrected chi connectivity index (χ2v) is 19.0. The van der Waals surface area contributed by atoms with Crippen LogP contribution in [-0.2, 0) is 6.42 Å². The normalized spacial score (nSPS) is 17.5. The number of allylic oxidation sites excluding steroid dienone is 4. The zero-order chi connectivity index (χ0) is 47.8. The fourth-order valence-corrected chi connectivity index (χ4v) is 11.4. The van der Waals surface area contributed by atoms with E-state index in [1.54, 1.807) is 0 Å². The predicted molar refractivity (Wildman–Crippen MR) is 302 cm³/mol. The molecular weight excluding hydrogens is 871 g/mol. The van der Waals surface area contributed by atoms with E-state index in [9.17, 15) is 0 Å². The van der Waals surface area contributed by atoms with Gasteiger partial charge in [-0.1, -0.05) is 249 Å². The standard InChI is InChI=1S/C69H51N3/c1-6-22-46(23-7-1)62-45-63(53-33-20-32-51(42-53)52-40-41-60-58-38-17-16-36-56(58)57-37-18-19-39-59(57)61(60)44-52)71-69(70-62)55-35-21-34-54(43-55)64-65(47-24-8-2-9-25-47)67(49-28-12-4-13-29-49)72-68(50-30-14-5-15-31-50)66(64)48-26-10-3-11-27-48/h1-43,45,52,67,69-70,72H,44H2. The van der Waals surface area contributed by atoms with Gasteiger partial charge in [-0.25, -0.2) is 0 Å². The molecule has 3 atom stereocenters. The van der Waals surface area contributed by atoms with Crippen LogP contribution in [0.5, 0.6) is 0 Å². The predicted octanol–water partition coefficient (Wildman–Crippen LogP) is 16.3. The number of fused-ring (bicyclic) bond motifs is 6. The number of nitrogens with one attached hydrogen (secondary N) is 2. The van der Waals surface area contributed by atoms with E-state index >= 15 is 0 Å². The van der Waals surface area contributed by atoms with Crippen LogP contribution >= 0.6 is 0 Å². The molecule has 2 aliphatic heterocycles. The summed E-state index contributed by atoms with van der Waals surface area (Å²) < 4.78 is 0. The molecule has 13 rings (SSSR count). The Balaban J connectivity index is 0.954. The number of rotatable bonds is 9. The zero-order valence-corrected chi connectivity index (χ0v) is 39.8. The van der Waals surface area contributed by atoms with Crippen LogP contribution in [0.25, 0.3) is 55.7 Å². The lowest BCUT2D eigenvalue weighted by atomic mass is 9.76. The Labute approximate surface area is 421 Å². The average molecular weight is 922 g/mol. The molecule has 0 amide bonds. The fourth-order valence-electron chi connectivity index (χ4n) is 11.4. The SMILES string of the molecule is C1=CC(c2cccc(C3=NC(c4cccc(C5=C(c6ccccc6)C(c6ccccc6)NC(c6ccccc6)=C5c5ccccc5)c4)NC(c4ccccc4)=C3)c2)Cc2c1c1ccccc1c1ccccc21. The van der Waals surface area contributed by atoms with E-state index in [0.717, 1.165) is 62.5 Å². The van der Waals surface area contributed by atoms with Crippen LogP contribution in [0.2, 0.25) is 0 Å². The van der Waals surface area contributed by atoms with E-state index in [1.807, 2.05) is 0 Å². The van der Waals surface area contributed by atoms with Crippen LogP contribution in [0, 0.1) is 0 Å². The quantitative estimate of drug-likeness (QED) is 0.142. The molecule has 1 aliphatic carbocycles. The van der Waals surface area contributed by atoms with Crippen LogP contribution < -0.4 is 10.6 Å². The van der Waals surface area contributed by atoms with Gasteiger partial charge in [0.1, 0.15) is 6.17 Å². The molecule has 0 radical (unpaired) electrons. The van der Waals surface area contributed by atoms with Crippen LogP contribution in [0.1, 0.15) is 79.3 Å². The van der Waals surface area contributed by atoms with E-state index in [2.05, 4.69) is 278 Å². The number of benzene rings is 10. The van der Waals surface area contributed by atoms with Gasteiger partial charge in [0.15, 0.2) is 0 Å². The molecule has 2 heterocycles. The molecule has 2 N–H and O–H groups in total. The maximum absolute atomic E-state index is 5.63. The van der Waals surface area contributed by atoms with Crippen LogP contribution in [-0.4, -0.2) is 5.71 Å². The minimum atomic E-state index is -0.366. The number of nitrogens with zero attached hydrogens (tertiary/aromatic N) is 1. The van der Waals surface area contributed by atoms with Crippen molar-refractivity contribution in [2.24, 2.45) is 4.99 Å². The van der Waals surface area contributed by atoms with Crippen molar-refractivity contribution < 1.29 is 0 Å². The first kappa shape index (κ1) is 43.0. The molecule has 72 heavy (non-hydrogen) atoms. The molecule has 3 nitrogen and oxygen atoms in total. The van der Waals surface area contributed by atoms with Crippen molar-refractivity contribution in [3.8, 4) is 0 Å². The molecule has 10 aromatic carbocycles. The summed E-state index contributed by atoms with van der Waals surface area (Å²) in [6, 6.07) is 89.9. The summed E-state index contributed by atoms with van der Waals surface area (Å²) in [6.07, 6.45) is 7.58. The van der Waals surface area contributed by atoms with E-state index in [0.29, 0.717) is 0 Å². The summed E-state index contributed by atoms with van der Waals surface area (Å²) >= 11 is 0. The summed E-state index contributed by atoms with van der Waals surface area (Å²) in [7, 11) is 0. The zero-order valence-electron chi connectivity index (χ0n) is 39.8. The van der Waals surface area contributed by atoms with Crippen LogP contribution in [0.4, 0.5) is 0 Å². The van der Waals surface area contributed by atoms with Crippen molar-refractivity contribution in [2.75, 3.05) is 0 Å². The van der Waals surface area contributed by atoms with Crippen LogP contribution in [0.15, 0.2) is 266 Å². The third kappa shape index (κ3) is 7.95. The molecule has 0 saturated heterocycles. The summed E-state index contributed by atoms with van der Waals surface area (Å²) in [4.78, 5) is 5.63. The molecule has 3 unspecified atom stereocenters. The molecule has 0 bridgehead atoms. The van der Waals surface area contributed by atoms with Crippen molar-refractivity contribution in [1.82, 2.24) is 10.6 Å². The lowest BCUT2D eigenvalue weighted by Gasteiger charge is -2.36. The highest BCUT2D eigenvalue weighted by Crippen LogP contribution is 2.50. The van der Waals surface area contributed by atoms with Gasteiger partial charge in [-0.15, -0.1) is 0 Å². The Morgan fingerprint density at radius 2 is 0.903 bits per heavy atom. The summed E-state index contributed by atoms with van der Waals surface area (Å²) in [5, 5.41) is 13.3. The second-order valence-electron chi connectivity index (χ2n) is 19.0. The van der Waals surface area contributed by atoms with Gasteiger partial charge >= 0.3 is 0 Å². The second kappa shape index (κ2) is 18.7. The van der Waals surface area contributed by atoms with Gasteiger partial charge in [0.2, 0.25) is 0 Å². The third-order valence-electron chi connectivity index (χ3n) is 14.7. The maximum Gasteiger partial charge on any atom is 0.145 e. The van der Waals surface area contributed by atoms with Crippen molar-refractivity contribution >= 4 is 61.4 Å². The van der Waals surface area contributed by atoms with Crippen molar-refractivity contribution in [2.45, 2.75) is 24.5 Å². The Bertz CT molecular complexity index is 3810. The number of hydrogen-bond donors (Lipinski definition) is 2. The fraction of sp³-hybridized carbons (Fsp3) is 0.0580. The minimum Gasteiger partial charge on any atom is -0.373 e. The van der Waals surface area contributed by atoms with Gasteiger partial charge in [0.25, 0.3) is 0 Å². The Morgan fingerprint density at radius 1 is 0.389 bits per heavy atom. The lowest BCUT2D eigenvalue weighted by Crippen LogP contribution is -2.28. The third-order valence-corrected chi connectivity index (χ3v) is 14.7. The van der Waals surface area contributed by atoms with Crippen molar-refractivity contribution in [3.05, 3.63) is 322 Å². The first-order valence-corrected chi connectivity index (χ1v) is 25.1. The summed E-state index contributed by atoms with van der Waals surface area (Å²) in [6.45, 7) is 0. The van der Waals surface area contributed by atoms with Gasteiger partial charge in [0, 0.05) is 22.8 Å². The van der Waals surface area contributed by atoms with Gasteiger partial charge in [-0.3, -0.25) is 4.99 Å². The molecule has 0 spiro atoms. The van der Waals surface area contributed by atoms with Crippen molar-refractivity contribution in [1.29, 1.82) is 0 Å². The number of hydrogen-bond acceptors (Lipinski definition) is 3. The summed E-state index contributed by atoms with van der Waals surface area (Å²) in [5.74, 6) is 0.221. The largest absolute Gasteiger partial charge is 0.373 e. The minimum absolute atomic E-state index is 0.141. The van der Waals surface area contributed by atoms with Gasteiger partial charge in [-0.2, -0.15) is 0 Å². The molecular formula is C69H51N3. The number of dihydropyridines is 1. The Hall–Kier alpha value is -9.05. The maximum atomic E-state index is 5.63. The van der Waals surface area contributed by atoms with E-state index < -0.39 is 0 Å². The van der Waals surface area contributed by atoms with Crippen LogP contribution in [0.3, 0.4) is 0 Å². The topological polar surface area (TPSA) is 36.4 Å². The molecule has 10 aromatic rings. The number of aliphatic imine (C=N–C) groups is 1. The first-order valence-electron chi connectivity index (χ1n) is 25.1. The Morgan fingerprint density at radius 3 is 1.60 bits per heavy atom. The lowest BCUT2D eigenvalue weighted by molar-refractivity contribution is 0.664. The molecule has 342 valence electrons. The van der Waals surface area contributed by atoms with Gasteiger partial charge < -0.3 is 10.6 Å². The molecule has 0 aromatic heterocycles. The van der Waals surface area contributed by atoms with Crippen molar-refractivity contribution in [3.63, 3.8) is 0 Å². The van der Waals surface area contributed by atoms with Gasteiger partial charge in [0.05, 0.1) is 17.5 Å². The molecule has 3 aliphatic rings. The molecule has 0 saturated carbocycles. The molecule has 0 fully saturated rings. The van der Waals surface area contributed by atoms with E-state index in [-0.39, 0.29) is 18.1 Å². The van der Waals surface area contributed by atoms with Gasteiger partial charge in [-0.05, 0) is 113 Å².